The Balaban J connectivity index is 1.58. The van der Waals surface area contributed by atoms with Crippen LogP contribution in [0.1, 0.15) is 11.4 Å². The zero-order chi connectivity index (χ0) is 20.2. The van der Waals surface area contributed by atoms with E-state index < -0.39 is 0 Å². The number of H-pyrrole nitrogens is 1. The van der Waals surface area contributed by atoms with E-state index in [1.165, 1.54) is 6.07 Å². The van der Waals surface area contributed by atoms with Crippen LogP contribution in [0.15, 0.2) is 71.8 Å². The minimum Gasteiger partial charge on any atom is -0.320 e. The molecular formula is C22H22N6O. The zero-order valence-electron chi connectivity index (χ0n) is 16.4. The summed E-state index contributed by atoms with van der Waals surface area (Å²) in [6, 6.07) is 19.3. The Morgan fingerprint density at radius 1 is 1.00 bits per heavy atom. The van der Waals surface area contributed by atoms with Gasteiger partial charge < -0.3 is 9.55 Å². The van der Waals surface area contributed by atoms with E-state index in [-0.39, 0.29) is 5.56 Å². The maximum absolute atomic E-state index is 12.2. The number of aromatic nitrogens is 5. The molecule has 0 aliphatic rings. The van der Waals surface area contributed by atoms with Crippen molar-refractivity contribution in [3.05, 3.63) is 88.7 Å². The lowest BCUT2D eigenvalue weighted by Crippen LogP contribution is -2.19. The van der Waals surface area contributed by atoms with E-state index in [1.807, 2.05) is 61.1 Å². The van der Waals surface area contributed by atoms with Gasteiger partial charge in [-0.15, -0.1) is 10.2 Å². The fourth-order valence-electron chi connectivity index (χ4n) is 3.23. The van der Waals surface area contributed by atoms with Gasteiger partial charge in [-0.25, -0.2) is 4.98 Å². The molecule has 0 atom stereocenters. The summed E-state index contributed by atoms with van der Waals surface area (Å²) in [6.07, 6.45) is 1.70. The van der Waals surface area contributed by atoms with Crippen LogP contribution in [0.2, 0.25) is 0 Å². The van der Waals surface area contributed by atoms with Gasteiger partial charge in [0, 0.05) is 30.8 Å². The first-order valence-corrected chi connectivity index (χ1v) is 9.36. The summed E-state index contributed by atoms with van der Waals surface area (Å²) in [5.74, 6) is 1.47. The summed E-state index contributed by atoms with van der Waals surface area (Å²) in [5, 5.41) is 8.05. The predicted octanol–water partition coefficient (Wildman–Crippen LogP) is 2.86. The molecule has 2 aromatic carbocycles. The van der Waals surface area contributed by atoms with Crippen molar-refractivity contribution >= 4 is 0 Å². The Bertz CT molecular complexity index is 1170. The lowest BCUT2D eigenvalue weighted by Gasteiger charge is -2.16. The first-order chi connectivity index (χ1) is 14.1. The molecule has 146 valence electrons. The van der Waals surface area contributed by atoms with Gasteiger partial charge in [0.05, 0.1) is 12.2 Å². The van der Waals surface area contributed by atoms with E-state index in [1.54, 1.807) is 6.33 Å². The third-order valence-electron chi connectivity index (χ3n) is 4.68. The molecule has 2 aromatic heterocycles. The minimum atomic E-state index is -0.168. The fraction of sp³-hybridized carbons (Fsp3) is 0.182. The second kappa shape index (κ2) is 8.20. The van der Waals surface area contributed by atoms with Crippen LogP contribution in [0.25, 0.3) is 22.6 Å². The van der Waals surface area contributed by atoms with Gasteiger partial charge in [0.2, 0.25) is 0 Å². The second-order valence-electron chi connectivity index (χ2n) is 7.08. The molecule has 4 rings (SSSR count). The average Bonchev–Trinajstić information content (AvgIpc) is 3.12. The standard InChI is InChI=1S/C22H22N6O/c1-27(14-20-26-23-15-28(20)2)13-16-7-6-10-18(11-16)22-24-19(12-21(29)25-22)17-8-4-3-5-9-17/h3-12,15H,13-14H2,1-2H3,(H,24,25,29). The Morgan fingerprint density at radius 3 is 2.55 bits per heavy atom. The Kier molecular flexibility index (Phi) is 5.31. The average molecular weight is 386 g/mol. The summed E-state index contributed by atoms with van der Waals surface area (Å²) in [6.45, 7) is 1.43. The molecule has 7 heteroatoms. The van der Waals surface area contributed by atoms with Crippen molar-refractivity contribution in [1.29, 1.82) is 0 Å². The molecule has 0 spiro atoms. The molecule has 0 radical (unpaired) electrons. The molecule has 2 heterocycles. The van der Waals surface area contributed by atoms with E-state index in [0.29, 0.717) is 18.1 Å². The van der Waals surface area contributed by atoms with Crippen molar-refractivity contribution in [2.75, 3.05) is 7.05 Å². The highest BCUT2D eigenvalue weighted by Gasteiger charge is 2.09. The number of nitrogens with zero attached hydrogens (tertiary/aromatic N) is 5. The first-order valence-electron chi connectivity index (χ1n) is 9.36. The lowest BCUT2D eigenvalue weighted by atomic mass is 10.1. The number of aryl methyl sites for hydroxylation is 1. The molecule has 0 unspecified atom stereocenters. The van der Waals surface area contributed by atoms with Crippen LogP contribution in [0, 0.1) is 0 Å². The second-order valence-corrected chi connectivity index (χ2v) is 7.08. The number of rotatable bonds is 6. The highest BCUT2D eigenvalue weighted by molar-refractivity contribution is 5.63. The van der Waals surface area contributed by atoms with Crippen molar-refractivity contribution in [1.82, 2.24) is 29.6 Å². The van der Waals surface area contributed by atoms with Gasteiger partial charge >= 0.3 is 0 Å². The van der Waals surface area contributed by atoms with Crippen LogP contribution in [-0.4, -0.2) is 36.7 Å². The van der Waals surface area contributed by atoms with Gasteiger partial charge in [-0.2, -0.15) is 0 Å². The fourth-order valence-corrected chi connectivity index (χ4v) is 3.23. The predicted molar refractivity (Wildman–Crippen MR) is 112 cm³/mol. The third-order valence-corrected chi connectivity index (χ3v) is 4.68. The maximum atomic E-state index is 12.2. The molecule has 0 aliphatic heterocycles. The normalized spacial score (nSPS) is 11.1. The number of benzene rings is 2. The van der Waals surface area contributed by atoms with Gasteiger partial charge in [0.15, 0.2) is 0 Å². The first kappa shape index (κ1) is 18.8. The van der Waals surface area contributed by atoms with Crippen LogP contribution in [0.4, 0.5) is 0 Å². The van der Waals surface area contributed by atoms with E-state index in [4.69, 9.17) is 0 Å². The molecule has 0 amide bonds. The van der Waals surface area contributed by atoms with Crippen molar-refractivity contribution in [3.63, 3.8) is 0 Å². The summed E-state index contributed by atoms with van der Waals surface area (Å²) in [4.78, 5) is 21.9. The van der Waals surface area contributed by atoms with Crippen molar-refractivity contribution in [2.45, 2.75) is 13.1 Å². The largest absolute Gasteiger partial charge is 0.320 e. The highest BCUT2D eigenvalue weighted by atomic mass is 16.1. The number of hydrogen-bond acceptors (Lipinski definition) is 5. The molecule has 1 N–H and O–H groups in total. The summed E-state index contributed by atoms with van der Waals surface area (Å²) < 4.78 is 1.91. The zero-order valence-corrected chi connectivity index (χ0v) is 16.4. The number of nitrogens with one attached hydrogen (secondary N) is 1. The van der Waals surface area contributed by atoms with Gasteiger partial charge in [-0.1, -0.05) is 48.5 Å². The van der Waals surface area contributed by atoms with E-state index in [2.05, 4.69) is 37.2 Å². The topological polar surface area (TPSA) is 79.7 Å². The van der Waals surface area contributed by atoms with Crippen LogP contribution < -0.4 is 5.56 Å². The highest BCUT2D eigenvalue weighted by Crippen LogP contribution is 2.21. The van der Waals surface area contributed by atoms with E-state index >= 15 is 0 Å². The van der Waals surface area contributed by atoms with E-state index in [9.17, 15) is 4.79 Å². The van der Waals surface area contributed by atoms with E-state index in [0.717, 1.165) is 29.1 Å². The molecule has 0 fully saturated rings. The van der Waals surface area contributed by atoms with Crippen LogP contribution in [0.3, 0.4) is 0 Å². The van der Waals surface area contributed by atoms with Crippen LogP contribution in [0.5, 0.6) is 0 Å². The number of hydrogen-bond donors (Lipinski definition) is 1. The Labute approximate surface area is 168 Å². The molecule has 0 aliphatic carbocycles. The van der Waals surface area contributed by atoms with Crippen LogP contribution in [-0.2, 0) is 20.1 Å². The molecule has 29 heavy (non-hydrogen) atoms. The smallest absolute Gasteiger partial charge is 0.251 e. The van der Waals surface area contributed by atoms with Gasteiger partial charge in [0.25, 0.3) is 5.56 Å². The van der Waals surface area contributed by atoms with Crippen LogP contribution >= 0.6 is 0 Å². The monoisotopic (exact) mass is 386 g/mol. The van der Waals surface area contributed by atoms with Gasteiger partial charge in [0.1, 0.15) is 18.0 Å². The van der Waals surface area contributed by atoms with Gasteiger partial charge in [-0.3, -0.25) is 9.69 Å². The lowest BCUT2D eigenvalue weighted by molar-refractivity contribution is 0.306. The van der Waals surface area contributed by atoms with Gasteiger partial charge in [-0.05, 0) is 18.7 Å². The minimum absolute atomic E-state index is 0.168. The molecule has 0 saturated carbocycles. The summed E-state index contributed by atoms with van der Waals surface area (Å²) >= 11 is 0. The maximum Gasteiger partial charge on any atom is 0.251 e. The summed E-state index contributed by atoms with van der Waals surface area (Å²) in [7, 11) is 3.98. The Hall–Kier alpha value is -3.58. The Morgan fingerprint density at radius 2 is 1.79 bits per heavy atom. The van der Waals surface area contributed by atoms with Crippen molar-refractivity contribution in [2.24, 2.45) is 7.05 Å². The third kappa shape index (κ3) is 4.47. The number of aromatic amines is 1. The molecule has 4 aromatic rings. The SMILES string of the molecule is CN(Cc1cccc(-c2nc(-c3ccccc3)cc(=O)[nH]2)c1)Cc1nncn1C. The molecule has 7 nitrogen and oxygen atoms in total. The molecular weight excluding hydrogens is 364 g/mol. The quantitative estimate of drug-likeness (QED) is 0.551. The van der Waals surface area contributed by atoms with Crippen molar-refractivity contribution < 1.29 is 0 Å². The van der Waals surface area contributed by atoms with Crippen molar-refractivity contribution in [3.8, 4) is 22.6 Å². The molecule has 0 bridgehead atoms. The summed E-state index contributed by atoms with van der Waals surface area (Å²) in [5.41, 5.74) is 3.41. The molecule has 0 saturated heterocycles.